The van der Waals surface area contributed by atoms with Crippen LogP contribution in [0.2, 0.25) is 0 Å². The maximum absolute atomic E-state index is 10.9. The molecule has 0 bridgehead atoms. The molecule has 0 radical (unpaired) electrons. The van der Waals surface area contributed by atoms with Crippen molar-refractivity contribution in [1.29, 1.82) is 0 Å². The van der Waals surface area contributed by atoms with Crippen molar-refractivity contribution >= 4 is 48.6 Å². The lowest BCUT2D eigenvalue weighted by atomic mass is 10.2. The first-order valence-corrected chi connectivity index (χ1v) is 7.09. The summed E-state index contributed by atoms with van der Waals surface area (Å²) in [6.45, 7) is 0. The lowest BCUT2D eigenvalue weighted by molar-refractivity contribution is 0.0600. The van der Waals surface area contributed by atoms with Crippen LogP contribution in [-0.4, -0.2) is 26.0 Å². The third-order valence-electron chi connectivity index (χ3n) is 1.27. The van der Waals surface area contributed by atoms with Gasteiger partial charge in [0.15, 0.2) is 0 Å². The fourth-order valence-corrected chi connectivity index (χ4v) is 1.06. The molecule has 0 unspecified atom stereocenters. The molecule has 0 aromatic heterocycles. The first-order valence-electron chi connectivity index (χ1n) is 3.75. The van der Waals surface area contributed by atoms with E-state index < -0.39 is 9.33 Å². The Morgan fingerprint density at radius 1 is 1.38 bits per heavy atom. The largest absolute Gasteiger partial charge is 0.465 e. The molecule has 0 saturated heterocycles. The molecule has 90 valence electrons. The summed E-state index contributed by atoms with van der Waals surface area (Å²) in [4.78, 5) is 10.9. The van der Waals surface area contributed by atoms with E-state index in [1.165, 1.54) is 7.11 Å². The van der Waals surface area contributed by atoms with E-state index >= 15 is 0 Å². The normalized spacial score (nSPS) is 10.0. The Balaban J connectivity index is 0.000000385. The third-order valence-corrected chi connectivity index (χ3v) is 1.98. The summed E-state index contributed by atoms with van der Waals surface area (Å²) in [5.74, 6) is -0.290. The van der Waals surface area contributed by atoms with Gasteiger partial charge in [0.2, 0.25) is 0 Å². The number of rotatable bonds is 1. The van der Waals surface area contributed by atoms with Crippen molar-refractivity contribution in [1.82, 2.24) is 0 Å². The highest BCUT2D eigenvalue weighted by molar-refractivity contribution is 14.1. The van der Waals surface area contributed by atoms with Crippen molar-refractivity contribution in [3.8, 4) is 0 Å². The van der Waals surface area contributed by atoms with E-state index in [-0.39, 0.29) is 5.97 Å². The monoisotopic (exact) mass is 378 g/mol. The first-order chi connectivity index (χ1) is 7.24. The molecule has 0 aliphatic rings. The summed E-state index contributed by atoms with van der Waals surface area (Å²) in [5.41, 5.74) is 0.591. The van der Waals surface area contributed by atoms with Crippen LogP contribution in [0.1, 0.15) is 10.4 Å². The lowest BCUT2D eigenvalue weighted by Crippen LogP contribution is -2.00. The van der Waals surface area contributed by atoms with E-state index in [4.69, 9.17) is 13.0 Å². The number of esters is 1. The number of benzene rings is 1. The molecule has 1 aromatic carbocycles. The molecule has 0 spiro atoms. The van der Waals surface area contributed by atoms with Crippen LogP contribution >= 0.6 is 33.3 Å². The quantitative estimate of drug-likeness (QED) is 0.350. The number of methoxy groups -OCH3 is 1. The van der Waals surface area contributed by atoms with Gasteiger partial charge in [0.25, 0.3) is 0 Å². The Hall–Kier alpha value is -0.380. The minimum atomic E-state index is -4.19. The number of ether oxygens (including phenoxy) is 1. The predicted octanol–water partition coefficient (Wildman–Crippen LogP) is 2.11. The second kappa shape index (κ2) is 7.05. The van der Waals surface area contributed by atoms with Gasteiger partial charge in [0.1, 0.15) is 0 Å². The summed E-state index contributed by atoms with van der Waals surface area (Å²) in [5, 5.41) is 0. The average molecular weight is 379 g/mol. The summed E-state index contributed by atoms with van der Waals surface area (Å²) in [7, 11) is 1.24. The van der Waals surface area contributed by atoms with Crippen LogP contribution < -0.4 is 0 Å². The van der Waals surface area contributed by atoms with E-state index in [2.05, 4.69) is 38.0 Å². The minimum Gasteiger partial charge on any atom is -0.465 e. The van der Waals surface area contributed by atoms with Crippen molar-refractivity contribution < 1.29 is 22.5 Å². The van der Waals surface area contributed by atoms with E-state index in [9.17, 15) is 4.79 Å². The van der Waals surface area contributed by atoms with Crippen LogP contribution in [0.3, 0.4) is 0 Å². The van der Waals surface area contributed by atoms with Crippen molar-refractivity contribution in [3.05, 3.63) is 33.4 Å². The van der Waals surface area contributed by atoms with Crippen molar-refractivity contribution in [3.63, 3.8) is 0 Å². The van der Waals surface area contributed by atoms with Gasteiger partial charge >= 0.3 is 15.3 Å². The molecule has 0 aliphatic heterocycles. The molecule has 1 N–H and O–H groups in total. The van der Waals surface area contributed by atoms with Gasteiger partial charge in [-0.05, 0) is 46.9 Å². The van der Waals surface area contributed by atoms with E-state index in [0.29, 0.717) is 5.56 Å². The first kappa shape index (κ1) is 15.6. The highest BCUT2D eigenvalue weighted by atomic mass is 127. The molecule has 8 heteroatoms. The molecule has 5 nitrogen and oxygen atoms in total. The van der Waals surface area contributed by atoms with Gasteiger partial charge in [0, 0.05) is 14.3 Å². The smallest absolute Gasteiger partial charge is 0.353 e. The fourth-order valence-electron chi connectivity index (χ4n) is 0.704. The molecule has 0 fully saturated rings. The van der Waals surface area contributed by atoms with Crippen molar-refractivity contribution in [2.75, 3.05) is 7.11 Å². The van der Waals surface area contributed by atoms with Crippen LogP contribution in [0.5, 0.6) is 0 Å². The van der Waals surface area contributed by atoms with Crippen LogP contribution in [0.15, 0.2) is 24.3 Å². The molecule has 16 heavy (non-hydrogen) atoms. The second-order valence-electron chi connectivity index (χ2n) is 2.41. The Bertz CT molecular complexity index is 434. The van der Waals surface area contributed by atoms with Gasteiger partial charge in [-0.3, -0.25) is 4.55 Å². The molecule has 0 aliphatic carbocycles. The van der Waals surface area contributed by atoms with Gasteiger partial charge in [-0.15, -0.1) is 0 Å². The molecule has 0 heterocycles. The predicted molar refractivity (Wildman–Crippen MR) is 67.9 cm³/mol. The van der Waals surface area contributed by atoms with Gasteiger partial charge in [-0.25, -0.2) is 4.79 Å². The maximum Gasteiger partial charge on any atom is 0.353 e. The highest BCUT2D eigenvalue weighted by Crippen LogP contribution is 2.07. The summed E-state index contributed by atoms with van der Waals surface area (Å²) in [6.07, 6.45) is 0. The van der Waals surface area contributed by atoms with Crippen molar-refractivity contribution in [2.45, 2.75) is 0 Å². The zero-order chi connectivity index (χ0) is 12.8. The molecule has 0 atom stereocenters. The fraction of sp³-hybridized carbons (Fsp3) is 0.125. The lowest BCUT2D eigenvalue weighted by Gasteiger charge is -1.97. The summed E-state index contributed by atoms with van der Waals surface area (Å²) < 4.78 is 30.8. The van der Waals surface area contributed by atoms with Gasteiger partial charge < -0.3 is 4.74 Å². The Morgan fingerprint density at radius 3 is 2.06 bits per heavy atom. The van der Waals surface area contributed by atoms with E-state index in [1.54, 1.807) is 12.1 Å². The maximum atomic E-state index is 10.9. The summed E-state index contributed by atoms with van der Waals surface area (Å²) >= 11 is 2.18. The zero-order valence-corrected chi connectivity index (χ0v) is 11.8. The molecule has 0 amide bonds. The third kappa shape index (κ3) is 8.89. The van der Waals surface area contributed by atoms with Gasteiger partial charge in [0.05, 0.1) is 12.7 Å². The molecule has 1 rings (SSSR count). The standard InChI is InChI=1S/C8H7IO2.ClHO3S/c1-11-8(10)6-2-4-7(9)5-3-6;1-5(2,3)4/h2-5H,1H3;(H,2,3,4). The number of halogens is 2. The highest BCUT2D eigenvalue weighted by Gasteiger charge is 2.02. The molecular weight excluding hydrogens is 371 g/mol. The number of hydrogen-bond donors (Lipinski definition) is 1. The summed E-state index contributed by atoms with van der Waals surface area (Å²) in [6, 6.07) is 7.22. The minimum absolute atomic E-state index is 0.290. The number of hydrogen-bond acceptors (Lipinski definition) is 4. The van der Waals surface area contributed by atoms with Crippen LogP contribution in [0.25, 0.3) is 0 Å². The topological polar surface area (TPSA) is 80.7 Å². The Kier molecular flexibility index (Phi) is 6.88. The van der Waals surface area contributed by atoms with Crippen molar-refractivity contribution in [2.24, 2.45) is 0 Å². The number of carbonyl (C=O) groups excluding carboxylic acids is 1. The van der Waals surface area contributed by atoms with Crippen LogP contribution in [0.4, 0.5) is 0 Å². The molecular formula is C8H8ClIO5S. The SMILES string of the molecule is COC(=O)c1ccc(I)cc1.O=S(=O)(O)Cl. The Morgan fingerprint density at radius 2 is 1.75 bits per heavy atom. The van der Waals surface area contributed by atoms with E-state index in [0.717, 1.165) is 3.57 Å². The Labute approximate surface area is 111 Å². The second-order valence-corrected chi connectivity index (χ2v) is 5.65. The molecule has 0 saturated carbocycles. The number of carbonyl (C=O) groups is 1. The van der Waals surface area contributed by atoms with Crippen LogP contribution in [0, 0.1) is 3.57 Å². The average Bonchev–Trinajstić information content (AvgIpc) is 2.15. The zero-order valence-electron chi connectivity index (χ0n) is 8.05. The van der Waals surface area contributed by atoms with E-state index in [1.807, 2.05) is 12.1 Å². The van der Waals surface area contributed by atoms with Gasteiger partial charge in [-0.2, -0.15) is 8.42 Å². The van der Waals surface area contributed by atoms with Crippen LogP contribution in [-0.2, 0) is 14.1 Å². The molecule has 1 aromatic rings. The van der Waals surface area contributed by atoms with Gasteiger partial charge in [-0.1, -0.05) is 0 Å².